The molecule has 0 aliphatic carbocycles. The maximum Gasteiger partial charge on any atom is 0.305 e. The summed E-state index contributed by atoms with van der Waals surface area (Å²) in [5.74, 6) is -1.25. The van der Waals surface area contributed by atoms with Crippen LogP contribution in [-0.4, -0.2) is 28.5 Å². The van der Waals surface area contributed by atoms with Gasteiger partial charge < -0.3 is 10.4 Å². The first-order valence-electron chi connectivity index (χ1n) is 6.20. The van der Waals surface area contributed by atoms with Gasteiger partial charge in [-0.25, -0.2) is 4.98 Å². The predicted molar refractivity (Wildman–Crippen MR) is 81.9 cm³/mol. The van der Waals surface area contributed by atoms with Crippen LogP contribution < -0.4 is 5.32 Å². The SMILES string of the molecule is Cc1nc(-c2ccc(Cl)cc2)sc1C(=O)NCCC(=O)O. The number of aryl methyl sites for hydroxylation is 1. The maximum absolute atomic E-state index is 12.0. The van der Waals surface area contributed by atoms with E-state index in [-0.39, 0.29) is 18.9 Å². The monoisotopic (exact) mass is 324 g/mol. The lowest BCUT2D eigenvalue weighted by molar-refractivity contribution is -0.136. The fraction of sp³-hybridized carbons (Fsp3) is 0.214. The second kappa shape index (κ2) is 6.69. The Morgan fingerprint density at radius 1 is 1.33 bits per heavy atom. The Morgan fingerprint density at radius 3 is 2.62 bits per heavy atom. The molecule has 1 aromatic carbocycles. The van der Waals surface area contributed by atoms with Crippen LogP contribution in [0.4, 0.5) is 0 Å². The van der Waals surface area contributed by atoms with E-state index in [1.165, 1.54) is 11.3 Å². The first-order valence-corrected chi connectivity index (χ1v) is 7.40. The van der Waals surface area contributed by atoms with Crippen molar-refractivity contribution in [1.29, 1.82) is 0 Å². The lowest BCUT2D eigenvalue weighted by Crippen LogP contribution is -2.25. The molecule has 2 N–H and O–H groups in total. The molecule has 0 bridgehead atoms. The van der Waals surface area contributed by atoms with Gasteiger partial charge in [0.1, 0.15) is 9.88 Å². The van der Waals surface area contributed by atoms with Crippen molar-refractivity contribution in [3.8, 4) is 10.6 Å². The van der Waals surface area contributed by atoms with Crippen LogP contribution >= 0.6 is 22.9 Å². The topological polar surface area (TPSA) is 79.3 Å². The molecule has 0 fully saturated rings. The van der Waals surface area contributed by atoms with Crippen molar-refractivity contribution in [3.05, 3.63) is 39.9 Å². The minimum atomic E-state index is -0.946. The van der Waals surface area contributed by atoms with Gasteiger partial charge in [0.15, 0.2) is 0 Å². The van der Waals surface area contributed by atoms with Crippen LogP contribution in [0.25, 0.3) is 10.6 Å². The lowest BCUT2D eigenvalue weighted by Gasteiger charge is -2.01. The molecule has 0 saturated carbocycles. The summed E-state index contributed by atoms with van der Waals surface area (Å²) in [6.07, 6.45) is -0.104. The van der Waals surface area contributed by atoms with Crippen molar-refractivity contribution < 1.29 is 14.7 Å². The van der Waals surface area contributed by atoms with Gasteiger partial charge in [-0.1, -0.05) is 23.7 Å². The number of carbonyl (C=O) groups is 2. The molecule has 110 valence electrons. The standard InChI is InChI=1S/C14H13ClN2O3S/c1-8-12(13(20)16-7-6-11(18)19)21-14(17-8)9-2-4-10(15)5-3-9/h2-5H,6-7H2,1H3,(H,16,20)(H,18,19). The third-order valence-corrected chi connectivity index (χ3v) is 4.18. The summed E-state index contributed by atoms with van der Waals surface area (Å²) in [6, 6.07) is 7.21. The molecule has 0 unspecified atom stereocenters. The maximum atomic E-state index is 12.0. The summed E-state index contributed by atoms with van der Waals surface area (Å²) in [6.45, 7) is 1.85. The molecule has 21 heavy (non-hydrogen) atoms. The van der Waals surface area contributed by atoms with Crippen molar-refractivity contribution in [1.82, 2.24) is 10.3 Å². The number of hydrogen-bond acceptors (Lipinski definition) is 4. The van der Waals surface area contributed by atoms with E-state index in [4.69, 9.17) is 16.7 Å². The summed E-state index contributed by atoms with van der Waals surface area (Å²) in [4.78, 5) is 27.3. The Morgan fingerprint density at radius 2 is 2.00 bits per heavy atom. The molecule has 0 radical (unpaired) electrons. The van der Waals surface area contributed by atoms with Crippen LogP contribution in [0.3, 0.4) is 0 Å². The minimum Gasteiger partial charge on any atom is -0.481 e. The quantitative estimate of drug-likeness (QED) is 0.886. The van der Waals surface area contributed by atoms with E-state index in [2.05, 4.69) is 10.3 Å². The number of carboxylic acid groups (broad SMARTS) is 1. The molecule has 0 spiro atoms. The number of benzene rings is 1. The summed E-state index contributed by atoms with van der Waals surface area (Å²) in [7, 11) is 0. The highest BCUT2D eigenvalue weighted by atomic mass is 35.5. The molecular weight excluding hydrogens is 312 g/mol. The number of amides is 1. The van der Waals surface area contributed by atoms with E-state index >= 15 is 0 Å². The number of carbonyl (C=O) groups excluding carboxylic acids is 1. The number of aromatic nitrogens is 1. The van der Waals surface area contributed by atoms with Crippen LogP contribution in [0.2, 0.25) is 5.02 Å². The average Bonchev–Trinajstić information content (AvgIpc) is 2.81. The second-order valence-corrected chi connectivity index (χ2v) is 5.78. The van der Waals surface area contributed by atoms with Crippen molar-refractivity contribution >= 4 is 34.8 Å². The molecule has 1 heterocycles. The number of aliphatic carboxylic acids is 1. The Hall–Kier alpha value is -1.92. The van der Waals surface area contributed by atoms with Gasteiger partial charge in [-0.05, 0) is 19.1 Å². The van der Waals surface area contributed by atoms with Crippen molar-refractivity contribution in [2.24, 2.45) is 0 Å². The second-order valence-electron chi connectivity index (χ2n) is 4.34. The number of rotatable bonds is 5. The van der Waals surface area contributed by atoms with Crippen molar-refractivity contribution in [2.45, 2.75) is 13.3 Å². The molecule has 0 aliphatic rings. The van der Waals surface area contributed by atoms with E-state index in [1.54, 1.807) is 19.1 Å². The highest BCUT2D eigenvalue weighted by Crippen LogP contribution is 2.28. The van der Waals surface area contributed by atoms with Gasteiger partial charge in [-0.2, -0.15) is 0 Å². The molecule has 1 aromatic heterocycles. The summed E-state index contributed by atoms with van der Waals surface area (Å²) < 4.78 is 0. The largest absolute Gasteiger partial charge is 0.481 e. The highest BCUT2D eigenvalue weighted by molar-refractivity contribution is 7.17. The normalized spacial score (nSPS) is 10.4. The predicted octanol–water partition coefficient (Wildman–Crippen LogP) is 2.98. The average molecular weight is 325 g/mol. The molecule has 5 nitrogen and oxygen atoms in total. The summed E-state index contributed by atoms with van der Waals surface area (Å²) >= 11 is 7.11. The fourth-order valence-corrected chi connectivity index (χ4v) is 2.80. The Labute approximate surface area is 130 Å². The summed E-state index contributed by atoms with van der Waals surface area (Å²) in [5.41, 5.74) is 1.51. The van der Waals surface area contributed by atoms with E-state index in [1.807, 2.05) is 12.1 Å². The molecular formula is C14H13ClN2O3S. The fourth-order valence-electron chi connectivity index (χ4n) is 1.69. The number of nitrogens with zero attached hydrogens (tertiary/aromatic N) is 1. The molecule has 0 saturated heterocycles. The Bertz CT molecular complexity index is 667. The number of thiazole rings is 1. The molecule has 0 aliphatic heterocycles. The van der Waals surface area contributed by atoms with Gasteiger partial charge in [0.25, 0.3) is 5.91 Å². The first-order chi connectivity index (χ1) is 9.97. The summed E-state index contributed by atoms with van der Waals surface area (Å²) in [5, 5.41) is 12.5. The third kappa shape index (κ3) is 4.03. The third-order valence-electron chi connectivity index (χ3n) is 2.72. The van der Waals surface area contributed by atoms with Gasteiger partial charge in [0.05, 0.1) is 12.1 Å². The Balaban J connectivity index is 2.13. The van der Waals surface area contributed by atoms with Crippen molar-refractivity contribution in [3.63, 3.8) is 0 Å². The van der Waals surface area contributed by atoms with Gasteiger partial charge in [-0.3, -0.25) is 9.59 Å². The molecule has 2 aromatic rings. The van der Waals surface area contributed by atoms with Crippen LogP contribution in [0, 0.1) is 6.92 Å². The molecule has 2 rings (SSSR count). The number of carboxylic acids is 1. The zero-order valence-corrected chi connectivity index (χ0v) is 12.8. The van der Waals surface area contributed by atoms with Crippen molar-refractivity contribution in [2.75, 3.05) is 6.54 Å². The van der Waals surface area contributed by atoms with Gasteiger partial charge in [0, 0.05) is 17.1 Å². The van der Waals surface area contributed by atoms with Crippen LogP contribution in [0.5, 0.6) is 0 Å². The van der Waals surface area contributed by atoms with Crippen LogP contribution in [-0.2, 0) is 4.79 Å². The number of halogens is 1. The van der Waals surface area contributed by atoms with Gasteiger partial charge in [0.2, 0.25) is 0 Å². The first kappa shape index (κ1) is 15.5. The van der Waals surface area contributed by atoms with Gasteiger partial charge >= 0.3 is 5.97 Å². The molecule has 1 amide bonds. The number of hydrogen-bond donors (Lipinski definition) is 2. The van der Waals surface area contributed by atoms with E-state index in [0.29, 0.717) is 15.6 Å². The highest BCUT2D eigenvalue weighted by Gasteiger charge is 2.16. The smallest absolute Gasteiger partial charge is 0.305 e. The van der Waals surface area contributed by atoms with Crippen LogP contribution in [0.1, 0.15) is 21.8 Å². The molecule has 0 atom stereocenters. The van der Waals surface area contributed by atoms with E-state index in [9.17, 15) is 9.59 Å². The van der Waals surface area contributed by atoms with Gasteiger partial charge in [-0.15, -0.1) is 11.3 Å². The van der Waals surface area contributed by atoms with E-state index < -0.39 is 5.97 Å². The zero-order chi connectivity index (χ0) is 15.4. The minimum absolute atomic E-state index is 0.0990. The molecule has 7 heteroatoms. The van der Waals surface area contributed by atoms with E-state index in [0.717, 1.165) is 10.6 Å². The Kier molecular flexibility index (Phi) is 4.93. The zero-order valence-electron chi connectivity index (χ0n) is 11.2. The number of nitrogens with one attached hydrogen (secondary N) is 1. The lowest BCUT2D eigenvalue weighted by atomic mass is 10.2. The van der Waals surface area contributed by atoms with Crippen LogP contribution in [0.15, 0.2) is 24.3 Å².